The summed E-state index contributed by atoms with van der Waals surface area (Å²) in [5.41, 5.74) is 3.87. The molecular weight excluding hydrogens is 428 g/mol. The third kappa shape index (κ3) is 6.11. The molecule has 0 amide bonds. The highest BCUT2D eigenvalue weighted by Crippen LogP contribution is 2.32. The first-order valence-electron chi connectivity index (χ1n) is 10.5. The van der Waals surface area contributed by atoms with Crippen molar-refractivity contribution in [1.29, 1.82) is 0 Å². The monoisotopic (exact) mass is 452 g/mol. The molecular formula is C28H24N2O2S. The normalized spacial score (nSPS) is 11.2. The van der Waals surface area contributed by atoms with Crippen molar-refractivity contribution in [2.75, 3.05) is 14.2 Å². The number of aliphatic imine (C=N–C) groups is 2. The number of benzene rings is 4. The Bertz CT molecular complexity index is 1150. The van der Waals surface area contributed by atoms with Crippen LogP contribution in [-0.4, -0.2) is 26.6 Å². The van der Waals surface area contributed by atoms with Crippen molar-refractivity contribution in [3.63, 3.8) is 0 Å². The minimum absolute atomic E-state index is 0.817. The summed E-state index contributed by atoms with van der Waals surface area (Å²) in [5, 5.41) is 0. The van der Waals surface area contributed by atoms with E-state index in [9.17, 15) is 0 Å². The highest BCUT2D eigenvalue weighted by Gasteiger charge is 2.06. The minimum Gasteiger partial charge on any atom is -0.497 e. The molecule has 0 fully saturated rings. The van der Waals surface area contributed by atoms with Gasteiger partial charge in [-0.2, -0.15) is 0 Å². The summed E-state index contributed by atoms with van der Waals surface area (Å²) in [6, 6.07) is 31.9. The van der Waals surface area contributed by atoms with Crippen LogP contribution in [0.15, 0.2) is 117 Å². The Hall–Kier alpha value is -3.83. The fourth-order valence-electron chi connectivity index (χ4n) is 3.10. The van der Waals surface area contributed by atoms with Crippen molar-refractivity contribution in [2.24, 2.45) is 9.98 Å². The third-order valence-electron chi connectivity index (χ3n) is 4.91. The lowest BCUT2D eigenvalue weighted by Gasteiger charge is -2.08. The highest BCUT2D eigenvalue weighted by molar-refractivity contribution is 7.99. The predicted molar refractivity (Wildman–Crippen MR) is 138 cm³/mol. The Morgan fingerprint density at radius 1 is 0.545 bits per heavy atom. The summed E-state index contributed by atoms with van der Waals surface area (Å²) in [4.78, 5) is 11.5. The Labute approximate surface area is 198 Å². The second-order valence-electron chi connectivity index (χ2n) is 7.09. The number of ether oxygens (including phenoxy) is 2. The Morgan fingerprint density at radius 3 is 1.33 bits per heavy atom. The molecule has 0 N–H and O–H groups in total. The molecule has 0 heterocycles. The lowest BCUT2D eigenvalue weighted by Crippen LogP contribution is -1.89. The predicted octanol–water partition coefficient (Wildman–Crippen LogP) is 7.36. The highest BCUT2D eigenvalue weighted by atomic mass is 32.2. The van der Waals surface area contributed by atoms with Gasteiger partial charge in [-0.1, -0.05) is 48.2 Å². The van der Waals surface area contributed by atoms with Crippen LogP contribution in [0.5, 0.6) is 11.5 Å². The van der Waals surface area contributed by atoms with Crippen molar-refractivity contribution in [3.05, 3.63) is 108 Å². The van der Waals surface area contributed by atoms with E-state index in [1.807, 2.05) is 85.2 Å². The van der Waals surface area contributed by atoms with Gasteiger partial charge in [0.15, 0.2) is 0 Å². The first-order valence-corrected chi connectivity index (χ1v) is 11.3. The van der Waals surface area contributed by atoms with E-state index in [1.54, 1.807) is 26.0 Å². The standard InChI is InChI=1S/C28H24N2O2S/c1-31-25-15-11-23(12-16-25)29-19-21-7-3-5-9-27(21)33-28-10-6-4-8-22(28)20-30-24-13-17-26(32-2)18-14-24/h3-20H,1-2H3. The molecule has 4 nitrogen and oxygen atoms in total. The van der Waals surface area contributed by atoms with Gasteiger partial charge in [0, 0.05) is 33.3 Å². The SMILES string of the molecule is COc1ccc(N=Cc2ccccc2Sc2ccccc2C=Nc2ccc(OC)cc2)cc1. The van der Waals surface area contributed by atoms with Gasteiger partial charge in [0.2, 0.25) is 0 Å². The van der Waals surface area contributed by atoms with Crippen molar-refractivity contribution in [2.45, 2.75) is 9.79 Å². The quantitative estimate of drug-likeness (QED) is 0.262. The second-order valence-corrected chi connectivity index (χ2v) is 8.17. The lowest BCUT2D eigenvalue weighted by atomic mass is 10.2. The van der Waals surface area contributed by atoms with Crippen LogP contribution in [0.25, 0.3) is 0 Å². The largest absolute Gasteiger partial charge is 0.497 e. The Morgan fingerprint density at radius 2 is 0.939 bits per heavy atom. The summed E-state index contributed by atoms with van der Waals surface area (Å²) in [5.74, 6) is 1.63. The molecule has 5 heteroatoms. The van der Waals surface area contributed by atoms with Gasteiger partial charge >= 0.3 is 0 Å². The summed E-state index contributed by atoms with van der Waals surface area (Å²) in [6.45, 7) is 0. The maximum atomic E-state index is 5.22. The molecule has 0 bridgehead atoms. The van der Waals surface area contributed by atoms with Gasteiger partial charge in [0.1, 0.15) is 11.5 Å². The molecule has 0 saturated heterocycles. The van der Waals surface area contributed by atoms with E-state index >= 15 is 0 Å². The maximum absolute atomic E-state index is 5.22. The summed E-state index contributed by atoms with van der Waals surface area (Å²) in [6.07, 6.45) is 3.80. The average molecular weight is 453 g/mol. The molecule has 0 aliphatic heterocycles. The fraction of sp³-hybridized carbons (Fsp3) is 0.0714. The van der Waals surface area contributed by atoms with Crippen LogP contribution in [0, 0.1) is 0 Å². The van der Waals surface area contributed by atoms with Crippen molar-refractivity contribution < 1.29 is 9.47 Å². The summed E-state index contributed by atoms with van der Waals surface area (Å²) < 4.78 is 10.4. The third-order valence-corrected chi connectivity index (χ3v) is 6.09. The molecule has 0 spiro atoms. The van der Waals surface area contributed by atoms with Crippen molar-refractivity contribution >= 4 is 35.6 Å². The van der Waals surface area contributed by atoms with Gasteiger partial charge in [0.05, 0.1) is 25.6 Å². The zero-order valence-corrected chi connectivity index (χ0v) is 19.3. The fourth-order valence-corrected chi connectivity index (χ4v) is 4.11. The van der Waals surface area contributed by atoms with E-state index in [0.717, 1.165) is 43.8 Å². The Balaban J connectivity index is 1.54. The molecule has 0 atom stereocenters. The molecule has 0 unspecified atom stereocenters. The maximum Gasteiger partial charge on any atom is 0.119 e. The van der Waals surface area contributed by atoms with E-state index in [0.29, 0.717) is 0 Å². The molecule has 164 valence electrons. The molecule has 0 aliphatic carbocycles. The summed E-state index contributed by atoms with van der Waals surface area (Å²) >= 11 is 1.70. The summed E-state index contributed by atoms with van der Waals surface area (Å²) in [7, 11) is 3.32. The number of nitrogens with zero attached hydrogens (tertiary/aromatic N) is 2. The van der Waals surface area contributed by atoms with Crippen LogP contribution >= 0.6 is 11.8 Å². The van der Waals surface area contributed by atoms with Gasteiger partial charge in [0.25, 0.3) is 0 Å². The molecule has 4 aromatic carbocycles. The molecule has 0 saturated carbocycles. The molecule has 0 aliphatic rings. The van der Waals surface area contributed by atoms with Gasteiger partial charge in [-0.25, -0.2) is 0 Å². The van der Waals surface area contributed by atoms with Gasteiger partial charge in [-0.15, -0.1) is 0 Å². The van der Waals surface area contributed by atoms with Crippen LogP contribution in [0.3, 0.4) is 0 Å². The molecule has 4 rings (SSSR count). The van der Waals surface area contributed by atoms with Crippen LogP contribution in [0.4, 0.5) is 11.4 Å². The van der Waals surface area contributed by atoms with Crippen LogP contribution in [0.2, 0.25) is 0 Å². The van der Waals surface area contributed by atoms with Crippen LogP contribution in [0.1, 0.15) is 11.1 Å². The van der Waals surface area contributed by atoms with Gasteiger partial charge < -0.3 is 9.47 Å². The topological polar surface area (TPSA) is 43.2 Å². The number of hydrogen-bond acceptors (Lipinski definition) is 5. The number of rotatable bonds is 8. The molecule has 4 aromatic rings. The minimum atomic E-state index is 0.817. The molecule has 33 heavy (non-hydrogen) atoms. The smallest absolute Gasteiger partial charge is 0.119 e. The average Bonchev–Trinajstić information content (AvgIpc) is 2.88. The van der Waals surface area contributed by atoms with Crippen molar-refractivity contribution in [3.8, 4) is 11.5 Å². The number of methoxy groups -OCH3 is 2. The van der Waals surface area contributed by atoms with Gasteiger partial charge in [-0.05, 0) is 60.7 Å². The number of hydrogen-bond donors (Lipinski definition) is 0. The van der Waals surface area contributed by atoms with E-state index in [-0.39, 0.29) is 0 Å². The first-order chi connectivity index (χ1) is 16.2. The van der Waals surface area contributed by atoms with Crippen LogP contribution < -0.4 is 9.47 Å². The van der Waals surface area contributed by atoms with E-state index in [1.165, 1.54) is 0 Å². The van der Waals surface area contributed by atoms with E-state index in [2.05, 4.69) is 34.3 Å². The Kier molecular flexibility index (Phi) is 7.56. The van der Waals surface area contributed by atoms with Gasteiger partial charge in [-0.3, -0.25) is 9.98 Å². The molecule has 0 aromatic heterocycles. The van der Waals surface area contributed by atoms with E-state index in [4.69, 9.17) is 9.47 Å². The van der Waals surface area contributed by atoms with Crippen molar-refractivity contribution in [1.82, 2.24) is 0 Å². The van der Waals surface area contributed by atoms with Crippen LogP contribution in [-0.2, 0) is 0 Å². The lowest BCUT2D eigenvalue weighted by molar-refractivity contribution is 0.415. The second kappa shape index (κ2) is 11.2. The molecule has 0 radical (unpaired) electrons. The zero-order chi connectivity index (χ0) is 22.9. The zero-order valence-electron chi connectivity index (χ0n) is 18.5. The first kappa shape index (κ1) is 22.4. The van der Waals surface area contributed by atoms with E-state index < -0.39 is 0 Å².